The summed E-state index contributed by atoms with van der Waals surface area (Å²) in [6, 6.07) is 7.16. The van der Waals surface area contributed by atoms with Gasteiger partial charge in [0.1, 0.15) is 0 Å². The summed E-state index contributed by atoms with van der Waals surface area (Å²) in [4.78, 5) is 0. The highest BCUT2D eigenvalue weighted by Gasteiger charge is 2.13. The van der Waals surface area contributed by atoms with Gasteiger partial charge in [-0.1, -0.05) is 37.5 Å². The van der Waals surface area contributed by atoms with Crippen molar-refractivity contribution >= 4 is 0 Å². The third-order valence-corrected chi connectivity index (χ3v) is 4.71. The molecule has 1 saturated carbocycles. The zero-order valence-corrected chi connectivity index (χ0v) is 14.0. The summed E-state index contributed by atoms with van der Waals surface area (Å²) in [6.07, 6.45) is 8.29. The van der Waals surface area contributed by atoms with Gasteiger partial charge < -0.3 is 10.1 Å². The Balaban J connectivity index is 1.62. The van der Waals surface area contributed by atoms with E-state index in [4.69, 9.17) is 4.74 Å². The first-order chi connectivity index (χ1) is 10.2. The lowest BCUT2D eigenvalue weighted by Gasteiger charge is -2.22. The van der Waals surface area contributed by atoms with Crippen LogP contribution in [0.4, 0.5) is 0 Å². The second kappa shape index (κ2) is 8.55. The molecule has 1 atom stereocenters. The highest BCUT2D eigenvalue weighted by molar-refractivity contribution is 5.31. The van der Waals surface area contributed by atoms with Crippen LogP contribution >= 0.6 is 0 Å². The first kappa shape index (κ1) is 16.5. The Labute approximate surface area is 130 Å². The van der Waals surface area contributed by atoms with E-state index in [2.05, 4.69) is 44.3 Å². The van der Waals surface area contributed by atoms with Crippen LogP contribution in [0, 0.1) is 13.8 Å². The normalized spacial score (nSPS) is 17.9. The number of hydrogen-bond acceptors (Lipinski definition) is 2. The van der Waals surface area contributed by atoms with Crippen molar-refractivity contribution in [2.45, 2.75) is 71.4 Å². The largest absolute Gasteiger partial charge is 0.378 e. The number of rotatable bonds is 7. The van der Waals surface area contributed by atoms with Gasteiger partial charge in [0.15, 0.2) is 0 Å². The van der Waals surface area contributed by atoms with Gasteiger partial charge in [0, 0.05) is 12.6 Å². The minimum absolute atomic E-state index is 0.416. The summed E-state index contributed by atoms with van der Waals surface area (Å²) in [5.41, 5.74) is 4.12. The molecule has 2 heteroatoms. The van der Waals surface area contributed by atoms with E-state index in [1.807, 2.05) is 0 Å². The van der Waals surface area contributed by atoms with E-state index in [1.54, 1.807) is 0 Å². The van der Waals surface area contributed by atoms with Gasteiger partial charge in [-0.2, -0.15) is 0 Å². The number of hydrogen-bond donors (Lipinski definition) is 1. The molecule has 0 radical (unpaired) electrons. The van der Waals surface area contributed by atoms with Gasteiger partial charge in [0.05, 0.1) is 6.10 Å². The maximum absolute atomic E-state index is 5.97. The molecule has 0 aromatic heterocycles. The molecule has 1 aliphatic carbocycles. The second-order valence-electron chi connectivity index (χ2n) is 6.50. The van der Waals surface area contributed by atoms with Crippen molar-refractivity contribution in [3.05, 3.63) is 34.9 Å². The van der Waals surface area contributed by atoms with Crippen LogP contribution in [0.25, 0.3) is 0 Å². The molecule has 1 aliphatic rings. The highest BCUT2D eigenvalue weighted by Crippen LogP contribution is 2.20. The Bertz CT molecular complexity index is 424. The summed E-state index contributed by atoms with van der Waals surface area (Å²) in [5.74, 6) is 0. The monoisotopic (exact) mass is 289 g/mol. The maximum Gasteiger partial charge on any atom is 0.0575 e. The molecule has 0 saturated heterocycles. The lowest BCUT2D eigenvalue weighted by molar-refractivity contribution is 0.0271. The van der Waals surface area contributed by atoms with Gasteiger partial charge in [0.2, 0.25) is 0 Å². The van der Waals surface area contributed by atoms with Crippen molar-refractivity contribution in [1.82, 2.24) is 5.32 Å². The summed E-state index contributed by atoms with van der Waals surface area (Å²) in [7, 11) is 0. The molecule has 0 bridgehead atoms. The minimum Gasteiger partial charge on any atom is -0.378 e. The van der Waals surface area contributed by atoms with Crippen molar-refractivity contribution in [2.75, 3.05) is 13.2 Å². The number of benzene rings is 1. The van der Waals surface area contributed by atoms with Crippen LogP contribution in [-0.2, 0) is 4.74 Å². The molecule has 2 rings (SSSR count). The van der Waals surface area contributed by atoms with E-state index in [1.165, 1.54) is 48.8 Å². The Morgan fingerprint density at radius 1 is 1.14 bits per heavy atom. The first-order valence-corrected chi connectivity index (χ1v) is 8.59. The zero-order chi connectivity index (χ0) is 15.1. The zero-order valence-electron chi connectivity index (χ0n) is 14.0. The van der Waals surface area contributed by atoms with Crippen LogP contribution in [0.15, 0.2) is 18.2 Å². The van der Waals surface area contributed by atoms with Crippen LogP contribution in [0.3, 0.4) is 0 Å². The summed E-state index contributed by atoms with van der Waals surface area (Å²) in [5, 5.41) is 3.60. The topological polar surface area (TPSA) is 21.3 Å². The SMILES string of the molecule is Cc1ccc(C(C)NCCCOC2CCCCC2)cc1C. The lowest BCUT2D eigenvalue weighted by atomic mass is 9.98. The summed E-state index contributed by atoms with van der Waals surface area (Å²) in [6.45, 7) is 8.52. The van der Waals surface area contributed by atoms with E-state index in [0.717, 1.165) is 19.6 Å². The van der Waals surface area contributed by atoms with Gasteiger partial charge in [-0.25, -0.2) is 0 Å². The fourth-order valence-electron chi connectivity index (χ4n) is 3.02. The van der Waals surface area contributed by atoms with E-state index in [-0.39, 0.29) is 0 Å². The fraction of sp³-hybridized carbons (Fsp3) is 0.684. The third kappa shape index (κ3) is 5.44. The molecule has 0 heterocycles. The number of nitrogens with one attached hydrogen (secondary N) is 1. The molecule has 1 fully saturated rings. The average molecular weight is 289 g/mol. The van der Waals surface area contributed by atoms with Gasteiger partial charge in [0.25, 0.3) is 0 Å². The molecule has 118 valence electrons. The Kier molecular flexibility index (Phi) is 6.72. The van der Waals surface area contributed by atoms with Gasteiger partial charge >= 0.3 is 0 Å². The van der Waals surface area contributed by atoms with Crippen molar-refractivity contribution in [3.8, 4) is 0 Å². The Hall–Kier alpha value is -0.860. The second-order valence-corrected chi connectivity index (χ2v) is 6.50. The highest BCUT2D eigenvalue weighted by atomic mass is 16.5. The summed E-state index contributed by atoms with van der Waals surface area (Å²) >= 11 is 0. The molecule has 1 unspecified atom stereocenters. The van der Waals surface area contributed by atoms with Crippen molar-refractivity contribution in [1.29, 1.82) is 0 Å². The lowest BCUT2D eigenvalue weighted by Crippen LogP contribution is -2.23. The molecule has 1 aromatic carbocycles. The molecular formula is C19H31NO. The molecule has 1 N–H and O–H groups in total. The molecule has 0 aliphatic heterocycles. The smallest absolute Gasteiger partial charge is 0.0575 e. The van der Waals surface area contributed by atoms with E-state index in [9.17, 15) is 0 Å². The quantitative estimate of drug-likeness (QED) is 0.735. The van der Waals surface area contributed by atoms with E-state index >= 15 is 0 Å². The van der Waals surface area contributed by atoms with Crippen molar-refractivity contribution < 1.29 is 4.74 Å². The van der Waals surface area contributed by atoms with Crippen molar-refractivity contribution in [2.24, 2.45) is 0 Å². The molecule has 21 heavy (non-hydrogen) atoms. The fourth-order valence-corrected chi connectivity index (χ4v) is 3.02. The average Bonchev–Trinajstić information content (AvgIpc) is 2.50. The van der Waals surface area contributed by atoms with Crippen LogP contribution in [0.2, 0.25) is 0 Å². The van der Waals surface area contributed by atoms with E-state index in [0.29, 0.717) is 12.1 Å². The van der Waals surface area contributed by atoms with Crippen LogP contribution in [-0.4, -0.2) is 19.3 Å². The van der Waals surface area contributed by atoms with Crippen LogP contribution < -0.4 is 5.32 Å². The van der Waals surface area contributed by atoms with Crippen LogP contribution in [0.5, 0.6) is 0 Å². The predicted molar refractivity (Wildman–Crippen MR) is 89.8 cm³/mol. The van der Waals surface area contributed by atoms with Gasteiger partial charge in [-0.3, -0.25) is 0 Å². The Morgan fingerprint density at radius 3 is 2.62 bits per heavy atom. The number of aryl methyl sites for hydroxylation is 2. The number of ether oxygens (including phenoxy) is 1. The van der Waals surface area contributed by atoms with Crippen molar-refractivity contribution in [3.63, 3.8) is 0 Å². The first-order valence-electron chi connectivity index (χ1n) is 8.59. The molecule has 0 amide bonds. The van der Waals surface area contributed by atoms with Gasteiger partial charge in [-0.05, 0) is 63.3 Å². The minimum atomic E-state index is 0.416. The summed E-state index contributed by atoms with van der Waals surface area (Å²) < 4.78 is 5.97. The van der Waals surface area contributed by atoms with Gasteiger partial charge in [-0.15, -0.1) is 0 Å². The molecule has 2 nitrogen and oxygen atoms in total. The van der Waals surface area contributed by atoms with Crippen LogP contribution in [0.1, 0.15) is 68.2 Å². The Morgan fingerprint density at radius 2 is 1.90 bits per heavy atom. The molecule has 1 aromatic rings. The van der Waals surface area contributed by atoms with E-state index < -0.39 is 0 Å². The standard InChI is InChI=1S/C19H31NO/c1-15-10-11-18(14-16(15)2)17(3)20-12-7-13-21-19-8-5-4-6-9-19/h10-11,14,17,19-20H,4-9,12-13H2,1-3H3. The molecular weight excluding hydrogens is 258 g/mol. The molecule has 0 spiro atoms. The maximum atomic E-state index is 5.97. The predicted octanol–water partition coefficient (Wildman–Crippen LogP) is 4.69. The third-order valence-electron chi connectivity index (χ3n) is 4.71.